The van der Waals surface area contributed by atoms with Crippen LogP contribution >= 0.6 is 0 Å². The van der Waals surface area contributed by atoms with E-state index in [1.54, 1.807) is 0 Å². The molecule has 2 rings (SSSR count). The third-order valence-electron chi connectivity index (χ3n) is 4.83. The molecular weight excluding hydrogens is 262 g/mol. The molecule has 0 amide bonds. The van der Waals surface area contributed by atoms with E-state index in [-0.39, 0.29) is 0 Å². The lowest BCUT2D eigenvalue weighted by atomic mass is 10.1. The predicted molar refractivity (Wildman–Crippen MR) is 88.8 cm³/mol. The van der Waals surface area contributed by atoms with Gasteiger partial charge in [0.05, 0.1) is 12.7 Å². The Balaban J connectivity index is 1.81. The maximum atomic E-state index is 6.03. The van der Waals surface area contributed by atoms with E-state index >= 15 is 0 Å². The van der Waals surface area contributed by atoms with E-state index in [0.29, 0.717) is 18.2 Å². The maximum Gasteiger partial charge on any atom is 0.0829 e. The van der Waals surface area contributed by atoms with Crippen LogP contribution in [0, 0.1) is 0 Å². The molecule has 0 aromatic rings. The number of rotatable bonds is 8. The van der Waals surface area contributed by atoms with Crippen LogP contribution in [-0.4, -0.2) is 73.9 Å². The first-order valence-corrected chi connectivity index (χ1v) is 9.00. The molecule has 0 saturated carbocycles. The van der Waals surface area contributed by atoms with Gasteiger partial charge in [-0.3, -0.25) is 9.80 Å². The molecule has 4 nitrogen and oxygen atoms in total. The fraction of sp³-hybridized carbons (Fsp3) is 1.00. The first kappa shape index (κ1) is 17.2. The molecule has 0 spiro atoms. The Morgan fingerprint density at radius 2 is 2.19 bits per heavy atom. The van der Waals surface area contributed by atoms with E-state index in [2.05, 4.69) is 35.9 Å². The second kappa shape index (κ2) is 9.09. The van der Waals surface area contributed by atoms with Gasteiger partial charge in [-0.2, -0.15) is 0 Å². The van der Waals surface area contributed by atoms with Crippen molar-refractivity contribution in [3.8, 4) is 0 Å². The van der Waals surface area contributed by atoms with E-state index in [0.717, 1.165) is 26.2 Å². The summed E-state index contributed by atoms with van der Waals surface area (Å²) in [5, 5.41) is 3.63. The molecule has 2 unspecified atom stereocenters. The topological polar surface area (TPSA) is 27.7 Å². The summed E-state index contributed by atoms with van der Waals surface area (Å²) in [5.41, 5.74) is 0. The van der Waals surface area contributed by atoms with Gasteiger partial charge in [-0.05, 0) is 46.2 Å². The lowest BCUT2D eigenvalue weighted by Crippen LogP contribution is -2.51. The second-order valence-corrected chi connectivity index (χ2v) is 6.99. The average molecular weight is 297 g/mol. The zero-order valence-corrected chi connectivity index (χ0v) is 14.3. The molecule has 2 atom stereocenters. The van der Waals surface area contributed by atoms with Crippen molar-refractivity contribution in [1.29, 1.82) is 0 Å². The van der Waals surface area contributed by atoms with Gasteiger partial charge in [0.1, 0.15) is 0 Å². The molecular formula is C17H35N3O. The van der Waals surface area contributed by atoms with Crippen LogP contribution in [0.3, 0.4) is 0 Å². The highest BCUT2D eigenvalue weighted by Crippen LogP contribution is 2.13. The van der Waals surface area contributed by atoms with Crippen LogP contribution in [-0.2, 0) is 4.74 Å². The summed E-state index contributed by atoms with van der Waals surface area (Å²) in [6, 6.07) is 1.34. The highest BCUT2D eigenvalue weighted by Gasteiger charge is 2.25. The summed E-state index contributed by atoms with van der Waals surface area (Å²) < 4.78 is 6.03. The quantitative estimate of drug-likeness (QED) is 0.741. The van der Waals surface area contributed by atoms with Gasteiger partial charge in [0.15, 0.2) is 0 Å². The van der Waals surface area contributed by atoms with Crippen molar-refractivity contribution in [2.75, 3.05) is 45.9 Å². The minimum Gasteiger partial charge on any atom is -0.374 e. The Morgan fingerprint density at radius 1 is 1.33 bits per heavy atom. The molecule has 1 N–H and O–H groups in total. The third-order valence-corrected chi connectivity index (χ3v) is 4.83. The van der Waals surface area contributed by atoms with E-state index in [1.807, 2.05) is 0 Å². The molecule has 124 valence electrons. The third kappa shape index (κ3) is 5.85. The maximum absolute atomic E-state index is 6.03. The first-order chi connectivity index (χ1) is 10.2. The van der Waals surface area contributed by atoms with Gasteiger partial charge in [0.25, 0.3) is 0 Å². The van der Waals surface area contributed by atoms with Gasteiger partial charge < -0.3 is 10.1 Å². The van der Waals surface area contributed by atoms with Crippen molar-refractivity contribution in [1.82, 2.24) is 15.1 Å². The molecule has 2 fully saturated rings. The lowest BCUT2D eigenvalue weighted by Gasteiger charge is -2.38. The summed E-state index contributed by atoms with van der Waals surface area (Å²) >= 11 is 0. The van der Waals surface area contributed by atoms with Crippen LogP contribution in [0.15, 0.2) is 0 Å². The normalized spacial score (nSPS) is 27.9. The standard InChI is InChI=1S/C17H35N3O/c1-4-5-9-19(12-16-7-6-8-18-16)13-17-14-20(15(2)3)10-11-21-17/h15-18H,4-14H2,1-3H3. The number of hydrogen-bond donors (Lipinski definition) is 1. The summed E-state index contributed by atoms with van der Waals surface area (Å²) in [5.74, 6) is 0. The Morgan fingerprint density at radius 3 is 2.86 bits per heavy atom. The highest BCUT2D eigenvalue weighted by atomic mass is 16.5. The van der Waals surface area contributed by atoms with Crippen molar-refractivity contribution in [3.63, 3.8) is 0 Å². The van der Waals surface area contributed by atoms with E-state index in [4.69, 9.17) is 4.74 Å². The predicted octanol–water partition coefficient (Wildman–Crippen LogP) is 1.95. The van der Waals surface area contributed by atoms with E-state index in [1.165, 1.54) is 45.3 Å². The summed E-state index contributed by atoms with van der Waals surface area (Å²) in [4.78, 5) is 5.20. The molecule has 2 heterocycles. The molecule has 0 bridgehead atoms. The Hall–Kier alpha value is -0.160. The molecule has 2 aliphatic heterocycles. The molecule has 0 aromatic carbocycles. The van der Waals surface area contributed by atoms with E-state index in [9.17, 15) is 0 Å². The van der Waals surface area contributed by atoms with Crippen LogP contribution in [0.4, 0.5) is 0 Å². The fourth-order valence-corrected chi connectivity index (χ4v) is 3.47. The van der Waals surface area contributed by atoms with Crippen molar-refractivity contribution in [2.24, 2.45) is 0 Å². The number of unbranched alkanes of at least 4 members (excludes halogenated alkanes) is 1. The molecule has 0 aliphatic carbocycles. The number of nitrogens with zero attached hydrogens (tertiary/aromatic N) is 2. The highest BCUT2D eigenvalue weighted by molar-refractivity contribution is 4.81. The molecule has 0 radical (unpaired) electrons. The van der Waals surface area contributed by atoms with Gasteiger partial charge in [-0.1, -0.05) is 13.3 Å². The molecule has 21 heavy (non-hydrogen) atoms. The number of hydrogen-bond acceptors (Lipinski definition) is 4. The minimum atomic E-state index is 0.388. The average Bonchev–Trinajstić information content (AvgIpc) is 2.98. The SMILES string of the molecule is CCCCN(CC1CCCN1)CC1CN(C(C)C)CCO1. The van der Waals surface area contributed by atoms with Gasteiger partial charge in [-0.15, -0.1) is 0 Å². The monoisotopic (exact) mass is 297 g/mol. The van der Waals surface area contributed by atoms with Gasteiger partial charge in [-0.25, -0.2) is 0 Å². The van der Waals surface area contributed by atoms with Crippen molar-refractivity contribution < 1.29 is 4.74 Å². The van der Waals surface area contributed by atoms with Gasteiger partial charge in [0.2, 0.25) is 0 Å². The summed E-state index contributed by atoms with van der Waals surface area (Å²) in [7, 11) is 0. The van der Waals surface area contributed by atoms with E-state index < -0.39 is 0 Å². The lowest BCUT2D eigenvalue weighted by molar-refractivity contribution is -0.0528. The zero-order chi connectivity index (χ0) is 15.1. The molecule has 2 aliphatic rings. The van der Waals surface area contributed by atoms with Crippen molar-refractivity contribution >= 4 is 0 Å². The van der Waals surface area contributed by atoms with Crippen molar-refractivity contribution in [3.05, 3.63) is 0 Å². The molecule has 4 heteroatoms. The Kier molecular flexibility index (Phi) is 7.44. The van der Waals surface area contributed by atoms with Gasteiger partial charge in [0, 0.05) is 38.3 Å². The smallest absolute Gasteiger partial charge is 0.0829 e. The molecule has 0 aromatic heterocycles. The summed E-state index contributed by atoms with van der Waals surface area (Å²) in [6.45, 7) is 14.7. The minimum absolute atomic E-state index is 0.388. The summed E-state index contributed by atoms with van der Waals surface area (Å²) in [6.07, 6.45) is 5.64. The number of nitrogens with one attached hydrogen (secondary N) is 1. The second-order valence-electron chi connectivity index (χ2n) is 6.99. The van der Waals surface area contributed by atoms with Crippen LogP contribution in [0.25, 0.3) is 0 Å². The van der Waals surface area contributed by atoms with Crippen molar-refractivity contribution in [2.45, 2.75) is 64.6 Å². The number of ether oxygens (including phenoxy) is 1. The fourth-order valence-electron chi connectivity index (χ4n) is 3.47. The van der Waals surface area contributed by atoms with Crippen LogP contribution < -0.4 is 5.32 Å². The van der Waals surface area contributed by atoms with Crippen LogP contribution in [0.2, 0.25) is 0 Å². The zero-order valence-electron chi connectivity index (χ0n) is 14.3. The largest absolute Gasteiger partial charge is 0.374 e. The first-order valence-electron chi connectivity index (χ1n) is 9.00. The van der Waals surface area contributed by atoms with Crippen LogP contribution in [0.1, 0.15) is 46.5 Å². The Bertz CT molecular complexity index is 279. The number of morpholine rings is 1. The van der Waals surface area contributed by atoms with Crippen LogP contribution in [0.5, 0.6) is 0 Å². The van der Waals surface area contributed by atoms with Gasteiger partial charge >= 0.3 is 0 Å². The Labute approximate surface area is 131 Å². The molecule has 2 saturated heterocycles.